The van der Waals surface area contributed by atoms with Crippen molar-refractivity contribution in [2.75, 3.05) is 17.2 Å². The van der Waals surface area contributed by atoms with Crippen molar-refractivity contribution in [2.24, 2.45) is 0 Å². The minimum atomic E-state index is -0.253. The first-order valence-corrected chi connectivity index (χ1v) is 8.84. The van der Waals surface area contributed by atoms with Crippen LogP contribution >= 0.6 is 0 Å². The third kappa shape index (κ3) is 5.14. The van der Waals surface area contributed by atoms with Gasteiger partial charge in [0.2, 0.25) is 0 Å². The van der Waals surface area contributed by atoms with Gasteiger partial charge in [-0.15, -0.1) is 10.2 Å². The molecule has 25 heavy (non-hydrogen) atoms. The van der Waals surface area contributed by atoms with Gasteiger partial charge in [0.15, 0.2) is 5.69 Å². The Morgan fingerprint density at radius 1 is 1.16 bits per heavy atom. The van der Waals surface area contributed by atoms with E-state index in [0.717, 1.165) is 24.2 Å². The molecule has 5 heteroatoms. The fourth-order valence-corrected chi connectivity index (χ4v) is 2.95. The first-order chi connectivity index (χ1) is 12.2. The summed E-state index contributed by atoms with van der Waals surface area (Å²) in [6.45, 7) is 2.83. The van der Waals surface area contributed by atoms with Crippen LogP contribution in [0.15, 0.2) is 48.0 Å². The van der Waals surface area contributed by atoms with E-state index in [0.29, 0.717) is 11.5 Å². The zero-order valence-electron chi connectivity index (χ0n) is 14.6. The lowest BCUT2D eigenvalue weighted by Crippen LogP contribution is -2.15. The maximum atomic E-state index is 12.2. The minimum Gasteiger partial charge on any atom is -0.368 e. The fraction of sp³-hybridized carbons (Fsp3) is 0.350. The van der Waals surface area contributed by atoms with E-state index in [1.807, 2.05) is 31.2 Å². The lowest BCUT2D eigenvalue weighted by Gasteiger charge is -2.13. The number of amides is 1. The fourth-order valence-electron chi connectivity index (χ4n) is 2.95. The molecule has 1 aromatic carbocycles. The van der Waals surface area contributed by atoms with Crippen LogP contribution in [0.5, 0.6) is 0 Å². The Morgan fingerprint density at radius 2 is 2.08 bits per heavy atom. The number of nitrogens with zero attached hydrogens (tertiary/aromatic N) is 2. The second kappa shape index (κ2) is 8.42. The predicted molar refractivity (Wildman–Crippen MR) is 101 cm³/mol. The molecule has 0 atom stereocenters. The zero-order chi connectivity index (χ0) is 17.5. The maximum Gasteiger partial charge on any atom is 0.276 e. The van der Waals surface area contributed by atoms with E-state index in [1.54, 1.807) is 12.1 Å². The van der Waals surface area contributed by atoms with Crippen LogP contribution in [-0.2, 0) is 0 Å². The van der Waals surface area contributed by atoms with Crippen LogP contribution < -0.4 is 10.6 Å². The third-order valence-corrected chi connectivity index (χ3v) is 4.31. The number of benzene rings is 1. The summed E-state index contributed by atoms with van der Waals surface area (Å²) in [6, 6.07) is 11.2. The zero-order valence-corrected chi connectivity index (χ0v) is 14.6. The summed E-state index contributed by atoms with van der Waals surface area (Å²) in [5.74, 6) is 0.445. The number of aromatic nitrogens is 2. The van der Waals surface area contributed by atoms with Crippen LogP contribution in [0, 0.1) is 6.92 Å². The van der Waals surface area contributed by atoms with Crippen molar-refractivity contribution in [3.05, 3.63) is 59.3 Å². The van der Waals surface area contributed by atoms with Crippen molar-refractivity contribution in [3.8, 4) is 0 Å². The molecule has 130 valence electrons. The molecule has 1 aliphatic rings. The summed E-state index contributed by atoms with van der Waals surface area (Å²) < 4.78 is 0. The highest BCUT2D eigenvalue weighted by atomic mass is 16.1. The van der Waals surface area contributed by atoms with E-state index in [4.69, 9.17) is 0 Å². The number of hydrogen-bond donors (Lipinski definition) is 2. The van der Waals surface area contributed by atoms with Gasteiger partial charge in [0.05, 0.1) is 0 Å². The van der Waals surface area contributed by atoms with Gasteiger partial charge in [-0.2, -0.15) is 0 Å². The molecule has 0 bridgehead atoms. The second-order valence-electron chi connectivity index (χ2n) is 6.41. The average Bonchev–Trinajstić information content (AvgIpc) is 2.63. The van der Waals surface area contributed by atoms with E-state index in [9.17, 15) is 4.79 Å². The Bertz CT molecular complexity index is 753. The first kappa shape index (κ1) is 17.1. The van der Waals surface area contributed by atoms with E-state index in [2.05, 4.69) is 26.9 Å². The number of aryl methyl sites for hydroxylation is 1. The van der Waals surface area contributed by atoms with Crippen LogP contribution in [0.4, 0.5) is 11.5 Å². The Morgan fingerprint density at radius 3 is 2.80 bits per heavy atom. The highest BCUT2D eigenvalue weighted by Crippen LogP contribution is 2.20. The number of carbonyl (C=O) groups excluding carboxylic acids is 1. The summed E-state index contributed by atoms with van der Waals surface area (Å²) >= 11 is 0. The van der Waals surface area contributed by atoms with Crippen LogP contribution in [0.2, 0.25) is 0 Å². The molecule has 3 rings (SSSR count). The number of carbonyl (C=O) groups is 1. The lowest BCUT2D eigenvalue weighted by molar-refractivity contribution is 0.102. The van der Waals surface area contributed by atoms with Crippen molar-refractivity contribution < 1.29 is 4.79 Å². The second-order valence-corrected chi connectivity index (χ2v) is 6.41. The van der Waals surface area contributed by atoms with Gasteiger partial charge in [0.25, 0.3) is 5.91 Å². The van der Waals surface area contributed by atoms with E-state index in [-0.39, 0.29) is 5.91 Å². The maximum absolute atomic E-state index is 12.2. The molecule has 0 spiro atoms. The molecule has 0 fully saturated rings. The van der Waals surface area contributed by atoms with Gasteiger partial charge in [0, 0.05) is 12.2 Å². The Labute approximate surface area is 148 Å². The molecule has 5 nitrogen and oxygen atoms in total. The molecule has 0 saturated heterocycles. The minimum absolute atomic E-state index is 0.253. The molecule has 0 unspecified atom stereocenters. The summed E-state index contributed by atoms with van der Waals surface area (Å²) in [5, 5.41) is 14.2. The highest BCUT2D eigenvalue weighted by molar-refractivity contribution is 6.02. The lowest BCUT2D eigenvalue weighted by atomic mass is 9.97. The van der Waals surface area contributed by atoms with Crippen LogP contribution in [-0.4, -0.2) is 22.6 Å². The molecular formula is C20H24N4O. The molecule has 0 saturated carbocycles. The largest absolute Gasteiger partial charge is 0.368 e. The molecule has 1 heterocycles. The van der Waals surface area contributed by atoms with Crippen molar-refractivity contribution in [1.29, 1.82) is 0 Å². The number of anilines is 2. The third-order valence-electron chi connectivity index (χ3n) is 4.31. The Balaban J connectivity index is 1.51. The summed E-state index contributed by atoms with van der Waals surface area (Å²) in [5.41, 5.74) is 3.69. The van der Waals surface area contributed by atoms with Crippen molar-refractivity contribution >= 4 is 17.4 Å². The van der Waals surface area contributed by atoms with Crippen LogP contribution in [0.25, 0.3) is 0 Å². The molecule has 2 aromatic rings. The standard InChI is InChI=1S/C20H24N4O/c1-15-6-5-9-17(14-15)22-20(25)18-10-11-19(24-23-18)21-13-12-16-7-3-2-4-8-16/h5-7,9-11,14H,2-4,8,12-13H2,1H3,(H,21,24)(H,22,25). The Hall–Kier alpha value is -2.69. The summed E-state index contributed by atoms with van der Waals surface area (Å²) in [6.07, 6.45) is 8.43. The van der Waals surface area contributed by atoms with Crippen molar-refractivity contribution in [2.45, 2.75) is 39.0 Å². The van der Waals surface area contributed by atoms with Gasteiger partial charge in [-0.1, -0.05) is 23.8 Å². The molecule has 0 radical (unpaired) electrons. The number of rotatable bonds is 6. The van der Waals surface area contributed by atoms with Gasteiger partial charge >= 0.3 is 0 Å². The highest BCUT2D eigenvalue weighted by Gasteiger charge is 2.09. The van der Waals surface area contributed by atoms with Crippen molar-refractivity contribution in [1.82, 2.24) is 10.2 Å². The van der Waals surface area contributed by atoms with Gasteiger partial charge in [0.1, 0.15) is 5.82 Å². The predicted octanol–water partition coefficient (Wildman–Crippen LogP) is 4.34. The molecule has 1 aliphatic carbocycles. The molecule has 1 amide bonds. The molecule has 1 aromatic heterocycles. The van der Waals surface area contributed by atoms with Crippen molar-refractivity contribution in [3.63, 3.8) is 0 Å². The van der Waals surface area contributed by atoms with Gasteiger partial charge < -0.3 is 10.6 Å². The average molecular weight is 336 g/mol. The number of allylic oxidation sites excluding steroid dienone is 1. The number of hydrogen-bond acceptors (Lipinski definition) is 4. The SMILES string of the molecule is Cc1cccc(NC(=O)c2ccc(NCCC3=CCCCC3)nn2)c1. The quantitative estimate of drug-likeness (QED) is 0.770. The van der Waals surface area contributed by atoms with E-state index in [1.165, 1.54) is 31.3 Å². The monoisotopic (exact) mass is 336 g/mol. The van der Waals surface area contributed by atoms with Gasteiger partial charge in [-0.3, -0.25) is 4.79 Å². The first-order valence-electron chi connectivity index (χ1n) is 8.84. The van der Waals surface area contributed by atoms with Gasteiger partial charge in [-0.05, 0) is 68.9 Å². The molecule has 2 N–H and O–H groups in total. The van der Waals surface area contributed by atoms with Crippen LogP contribution in [0.1, 0.15) is 48.2 Å². The summed E-state index contributed by atoms with van der Waals surface area (Å²) in [7, 11) is 0. The topological polar surface area (TPSA) is 66.9 Å². The number of nitrogens with one attached hydrogen (secondary N) is 2. The normalized spacial score (nSPS) is 13.9. The van der Waals surface area contributed by atoms with Crippen LogP contribution in [0.3, 0.4) is 0 Å². The van der Waals surface area contributed by atoms with E-state index >= 15 is 0 Å². The summed E-state index contributed by atoms with van der Waals surface area (Å²) in [4.78, 5) is 12.2. The molecular weight excluding hydrogens is 312 g/mol. The molecule has 0 aliphatic heterocycles. The van der Waals surface area contributed by atoms with Gasteiger partial charge in [-0.25, -0.2) is 0 Å². The van der Waals surface area contributed by atoms with E-state index < -0.39 is 0 Å². The Kier molecular flexibility index (Phi) is 5.77. The smallest absolute Gasteiger partial charge is 0.276 e.